The molecule has 0 saturated carbocycles. The van der Waals surface area contributed by atoms with Crippen LogP contribution < -0.4 is 0 Å². The first-order valence-corrected chi connectivity index (χ1v) is 10.3. The van der Waals surface area contributed by atoms with Crippen LogP contribution in [0.2, 0.25) is 0 Å². The lowest BCUT2D eigenvalue weighted by molar-refractivity contribution is -0.145. The summed E-state index contributed by atoms with van der Waals surface area (Å²) in [6, 6.07) is 0. The van der Waals surface area contributed by atoms with E-state index in [-0.39, 0.29) is 56.2 Å². The van der Waals surface area contributed by atoms with Gasteiger partial charge in [0, 0.05) is 45.5 Å². The van der Waals surface area contributed by atoms with Crippen molar-refractivity contribution < 1.29 is 38.2 Å². The van der Waals surface area contributed by atoms with Crippen molar-refractivity contribution >= 4 is 29.3 Å². The molecule has 0 aliphatic carbocycles. The number of rotatable bonds is 19. The second-order valence-electron chi connectivity index (χ2n) is 7.10. The molecule has 9 nitrogen and oxygen atoms in total. The molecular formula is C21H35NO8. The zero-order valence-electron chi connectivity index (χ0n) is 18.4. The van der Waals surface area contributed by atoms with Crippen LogP contribution in [0.25, 0.3) is 0 Å². The molecule has 9 heteroatoms. The summed E-state index contributed by atoms with van der Waals surface area (Å²) in [5, 5.41) is 0. The van der Waals surface area contributed by atoms with Crippen molar-refractivity contribution in [3.05, 3.63) is 0 Å². The van der Waals surface area contributed by atoms with Crippen molar-refractivity contribution in [3.8, 4) is 0 Å². The van der Waals surface area contributed by atoms with Gasteiger partial charge < -0.3 is 28.6 Å². The molecule has 0 atom stereocenters. The molecule has 0 radical (unpaired) electrons. The Kier molecular flexibility index (Phi) is 16.4. The minimum atomic E-state index is -0.429. The van der Waals surface area contributed by atoms with E-state index >= 15 is 0 Å². The summed E-state index contributed by atoms with van der Waals surface area (Å²) < 4.78 is 15.8. The van der Waals surface area contributed by atoms with Crippen LogP contribution in [0.1, 0.15) is 59.3 Å². The first-order valence-electron chi connectivity index (χ1n) is 10.3. The predicted molar refractivity (Wildman–Crippen MR) is 109 cm³/mol. The summed E-state index contributed by atoms with van der Waals surface area (Å²) >= 11 is 0. The average Bonchev–Trinajstić information content (AvgIpc) is 2.66. The van der Waals surface area contributed by atoms with Gasteiger partial charge in [0.15, 0.2) is 0 Å². The monoisotopic (exact) mass is 429 g/mol. The van der Waals surface area contributed by atoms with Gasteiger partial charge >= 0.3 is 11.9 Å². The molecule has 0 bridgehead atoms. The minimum absolute atomic E-state index is 0.0579. The van der Waals surface area contributed by atoms with Gasteiger partial charge in [-0.3, -0.25) is 14.5 Å². The Balaban J connectivity index is 4.24. The topological polar surface area (TPSA) is 116 Å². The molecule has 0 aromatic rings. The molecule has 0 amide bonds. The third-order valence-electron chi connectivity index (χ3n) is 4.07. The predicted octanol–water partition coefficient (Wildman–Crippen LogP) is 1.50. The lowest BCUT2D eigenvalue weighted by atomic mass is 10.2. The molecule has 0 fully saturated rings. The summed E-state index contributed by atoms with van der Waals surface area (Å²) in [4.78, 5) is 57.9. The molecule has 172 valence electrons. The van der Waals surface area contributed by atoms with Crippen molar-refractivity contribution in [2.75, 3.05) is 46.1 Å². The smallest absolute Gasteiger partial charge is 0.306 e. The summed E-state index contributed by atoms with van der Waals surface area (Å²) in [5.74, 6) is -0.870. The second-order valence-corrected chi connectivity index (χ2v) is 7.10. The first-order chi connectivity index (χ1) is 14.2. The third-order valence-corrected chi connectivity index (χ3v) is 4.07. The van der Waals surface area contributed by atoms with Crippen LogP contribution in [0.5, 0.6) is 0 Å². The molecule has 30 heavy (non-hydrogen) atoms. The zero-order valence-corrected chi connectivity index (χ0v) is 18.4. The summed E-state index contributed by atoms with van der Waals surface area (Å²) in [7, 11) is 0. The number of esters is 2. The van der Waals surface area contributed by atoms with E-state index in [1.165, 1.54) is 20.8 Å². The number of carbonyl (C=O) groups is 5. The molecule has 0 rings (SSSR count). The van der Waals surface area contributed by atoms with Crippen LogP contribution in [0.4, 0.5) is 0 Å². The van der Waals surface area contributed by atoms with Crippen LogP contribution >= 0.6 is 0 Å². The van der Waals surface area contributed by atoms with Gasteiger partial charge in [-0.25, -0.2) is 0 Å². The van der Waals surface area contributed by atoms with E-state index in [0.717, 1.165) is 0 Å². The van der Waals surface area contributed by atoms with E-state index in [4.69, 9.17) is 14.2 Å². The van der Waals surface area contributed by atoms with Crippen LogP contribution in [-0.4, -0.2) is 80.3 Å². The maximum Gasteiger partial charge on any atom is 0.306 e. The minimum Gasteiger partial charge on any atom is -0.464 e. The molecule has 0 unspecified atom stereocenters. The number of nitrogens with zero attached hydrogens (tertiary/aromatic N) is 1. The first kappa shape index (κ1) is 27.9. The van der Waals surface area contributed by atoms with Crippen LogP contribution in [0.15, 0.2) is 0 Å². The number of hydrogen-bond donors (Lipinski definition) is 0. The second kappa shape index (κ2) is 17.7. The lowest BCUT2D eigenvalue weighted by Crippen LogP contribution is -2.35. The molecule has 0 heterocycles. The van der Waals surface area contributed by atoms with Crippen LogP contribution in [0, 0.1) is 0 Å². The SMILES string of the molecule is CC(=O)CCCOCCN(CCOC(=O)CCC(C)=O)CCOC(=O)CCC(C)=O. The van der Waals surface area contributed by atoms with Gasteiger partial charge in [-0.15, -0.1) is 0 Å². The van der Waals surface area contributed by atoms with E-state index in [1.807, 2.05) is 4.90 Å². The number of ether oxygens (including phenoxy) is 3. The highest BCUT2D eigenvalue weighted by Crippen LogP contribution is 1.99. The molecule has 0 aromatic heterocycles. The molecule has 0 N–H and O–H groups in total. The molecule has 0 aromatic carbocycles. The van der Waals surface area contributed by atoms with E-state index in [2.05, 4.69) is 0 Å². The Morgan fingerprint density at radius 2 is 1.00 bits per heavy atom. The van der Waals surface area contributed by atoms with Crippen molar-refractivity contribution in [2.45, 2.75) is 59.3 Å². The maximum atomic E-state index is 11.6. The number of carbonyl (C=O) groups excluding carboxylic acids is 5. The third kappa shape index (κ3) is 19.2. The summed E-state index contributed by atoms with van der Waals surface area (Å²) in [6.07, 6.45) is 1.58. The molecule has 0 aliphatic heterocycles. The van der Waals surface area contributed by atoms with Crippen LogP contribution in [0.3, 0.4) is 0 Å². The summed E-state index contributed by atoms with van der Waals surface area (Å²) in [6.45, 7) is 6.97. The molecular weight excluding hydrogens is 394 g/mol. The maximum absolute atomic E-state index is 11.6. The zero-order chi connectivity index (χ0) is 22.8. The fourth-order valence-corrected chi connectivity index (χ4v) is 2.33. The van der Waals surface area contributed by atoms with Gasteiger partial charge in [-0.05, 0) is 27.2 Å². The van der Waals surface area contributed by atoms with E-state index in [1.54, 1.807) is 0 Å². The quantitative estimate of drug-likeness (QED) is 0.222. The summed E-state index contributed by atoms with van der Waals surface area (Å²) in [5.41, 5.74) is 0. The van der Waals surface area contributed by atoms with Gasteiger partial charge in [0.05, 0.1) is 19.4 Å². The Labute approximate surface area is 178 Å². The highest BCUT2D eigenvalue weighted by molar-refractivity contribution is 5.81. The van der Waals surface area contributed by atoms with Crippen molar-refractivity contribution in [1.82, 2.24) is 4.90 Å². The Morgan fingerprint density at radius 3 is 1.43 bits per heavy atom. The fourth-order valence-electron chi connectivity index (χ4n) is 2.33. The highest BCUT2D eigenvalue weighted by Gasteiger charge is 2.11. The van der Waals surface area contributed by atoms with Gasteiger partial charge in [0.2, 0.25) is 0 Å². The average molecular weight is 430 g/mol. The Bertz CT molecular complexity index is 525. The van der Waals surface area contributed by atoms with Gasteiger partial charge in [0.25, 0.3) is 0 Å². The number of hydrogen-bond acceptors (Lipinski definition) is 9. The van der Waals surface area contributed by atoms with Crippen molar-refractivity contribution in [2.24, 2.45) is 0 Å². The van der Waals surface area contributed by atoms with Crippen LogP contribution in [-0.2, 0) is 38.2 Å². The Morgan fingerprint density at radius 1 is 0.567 bits per heavy atom. The highest BCUT2D eigenvalue weighted by atomic mass is 16.5. The van der Waals surface area contributed by atoms with E-state index in [0.29, 0.717) is 45.7 Å². The Hall–Kier alpha value is -2.13. The normalized spacial score (nSPS) is 10.7. The number of ketones is 3. The van der Waals surface area contributed by atoms with E-state index < -0.39 is 11.9 Å². The van der Waals surface area contributed by atoms with Gasteiger partial charge in [0.1, 0.15) is 30.6 Å². The van der Waals surface area contributed by atoms with Crippen molar-refractivity contribution in [1.29, 1.82) is 0 Å². The molecule has 0 aliphatic rings. The number of Topliss-reactive ketones (excluding diaryl/α,β-unsaturated/α-hetero) is 3. The standard InChI is InChI=1S/C21H35NO8/c1-17(23)5-4-13-28-14-10-22(11-15-29-20(26)8-6-18(2)24)12-16-30-21(27)9-7-19(3)25/h4-16H2,1-3H3. The fraction of sp³-hybridized carbons (Fsp3) is 0.762. The van der Waals surface area contributed by atoms with Gasteiger partial charge in [-0.2, -0.15) is 0 Å². The van der Waals surface area contributed by atoms with Crippen molar-refractivity contribution in [3.63, 3.8) is 0 Å². The molecule has 0 saturated heterocycles. The lowest BCUT2D eigenvalue weighted by Gasteiger charge is -2.22. The van der Waals surface area contributed by atoms with E-state index in [9.17, 15) is 24.0 Å². The van der Waals surface area contributed by atoms with Gasteiger partial charge in [-0.1, -0.05) is 0 Å². The largest absolute Gasteiger partial charge is 0.464 e. The molecule has 0 spiro atoms.